The zero-order chi connectivity index (χ0) is 13.8. The predicted octanol–water partition coefficient (Wildman–Crippen LogP) is 2.93. The van der Waals surface area contributed by atoms with E-state index in [1.807, 2.05) is 30.3 Å². The summed E-state index contributed by atoms with van der Waals surface area (Å²) in [5.41, 5.74) is 0.936. The second-order valence-corrected chi connectivity index (χ2v) is 5.35. The van der Waals surface area contributed by atoms with E-state index in [1.165, 1.54) is 0 Å². The molecule has 2 aromatic carbocycles. The van der Waals surface area contributed by atoms with E-state index in [1.54, 1.807) is 0 Å². The molecule has 0 spiro atoms. The fourth-order valence-electron chi connectivity index (χ4n) is 2.69. The Balaban J connectivity index is 1.64. The maximum absolute atomic E-state index is 10.3. The average molecular weight is 272 g/mol. The molecule has 0 aromatic heterocycles. The molecule has 0 radical (unpaired) electrons. The van der Waals surface area contributed by atoms with Crippen LogP contribution in [0.25, 0.3) is 10.8 Å². The molecule has 1 aliphatic rings. The molecule has 1 fully saturated rings. The van der Waals surface area contributed by atoms with Gasteiger partial charge in [-0.25, -0.2) is 0 Å². The molecule has 0 amide bonds. The van der Waals surface area contributed by atoms with Gasteiger partial charge in [-0.3, -0.25) is 0 Å². The summed E-state index contributed by atoms with van der Waals surface area (Å²) in [6.07, 6.45) is 0.480. The van der Waals surface area contributed by atoms with Gasteiger partial charge in [0.05, 0.1) is 19.8 Å². The fraction of sp³-hybridized carbons (Fsp3) is 0.412. The van der Waals surface area contributed by atoms with Crippen molar-refractivity contribution < 1.29 is 14.6 Å². The van der Waals surface area contributed by atoms with Crippen LogP contribution in [0.5, 0.6) is 0 Å². The molecule has 20 heavy (non-hydrogen) atoms. The van der Waals surface area contributed by atoms with Crippen molar-refractivity contribution in [1.82, 2.24) is 0 Å². The van der Waals surface area contributed by atoms with Crippen molar-refractivity contribution in [2.24, 2.45) is 5.92 Å². The summed E-state index contributed by atoms with van der Waals surface area (Å²) in [7, 11) is 0. The number of ether oxygens (including phenoxy) is 2. The van der Waals surface area contributed by atoms with E-state index in [0.29, 0.717) is 19.1 Å². The van der Waals surface area contributed by atoms with Gasteiger partial charge in [0.1, 0.15) is 6.10 Å². The van der Waals surface area contributed by atoms with Gasteiger partial charge >= 0.3 is 0 Å². The van der Waals surface area contributed by atoms with E-state index < -0.39 is 6.10 Å². The van der Waals surface area contributed by atoms with Crippen molar-refractivity contribution in [2.75, 3.05) is 26.4 Å². The first-order valence-electron chi connectivity index (χ1n) is 7.16. The van der Waals surface area contributed by atoms with E-state index in [2.05, 4.69) is 12.1 Å². The predicted molar refractivity (Wildman–Crippen MR) is 78.7 cm³/mol. The third-order valence-corrected chi connectivity index (χ3v) is 3.84. The normalized spacial score (nSPS) is 20.4. The van der Waals surface area contributed by atoms with Gasteiger partial charge in [-0.15, -0.1) is 0 Å². The lowest BCUT2D eigenvalue weighted by molar-refractivity contribution is 0.0191. The molecule has 0 bridgehead atoms. The van der Waals surface area contributed by atoms with Crippen LogP contribution in [0.2, 0.25) is 0 Å². The second kappa shape index (κ2) is 6.35. The Kier molecular flexibility index (Phi) is 4.31. The van der Waals surface area contributed by atoms with Gasteiger partial charge in [0.2, 0.25) is 0 Å². The van der Waals surface area contributed by atoms with Crippen molar-refractivity contribution in [3.63, 3.8) is 0 Å². The van der Waals surface area contributed by atoms with Gasteiger partial charge in [-0.05, 0) is 22.8 Å². The zero-order valence-corrected chi connectivity index (χ0v) is 11.5. The van der Waals surface area contributed by atoms with E-state index in [4.69, 9.17) is 9.47 Å². The molecule has 1 heterocycles. The number of rotatable bonds is 5. The van der Waals surface area contributed by atoms with Gasteiger partial charge in [-0.2, -0.15) is 0 Å². The van der Waals surface area contributed by atoms with Crippen molar-refractivity contribution in [3.05, 3.63) is 48.0 Å². The minimum absolute atomic E-state index is 0.338. The lowest BCUT2D eigenvalue weighted by atomic mass is 10.0. The molecule has 106 valence electrons. The van der Waals surface area contributed by atoms with Crippen LogP contribution >= 0.6 is 0 Å². The standard InChI is InChI=1S/C17H20O3/c18-17(12-20-11-13-8-9-19-10-13)16-7-3-5-14-4-1-2-6-15(14)16/h1-7,13,17-18H,8-12H2. The third-order valence-electron chi connectivity index (χ3n) is 3.84. The Bertz CT molecular complexity index is 556. The average Bonchev–Trinajstić information content (AvgIpc) is 3.00. The summed E-state index contributed by atoms with van der Waals surface area (Å²) < 4.78 is 11.0. The highest BCUT2D eigenvalue weighted by Crippen LogP contribution is 2.24. The summed E-state index contributed by atoms with van der Waals surface area (Å²) in [6.45, 7) is 2.62. The molecule has 3 heteroatoms. The largest absolute Gasteiger partial charge is 0.386 e. The highest BCUT2D eigenvalue weighted by molar-refractivity contribution is 5.85. The number of aliphatic hydroxyl groups is 1. The molecular weight excluding hydrogens is 252 g/mol. The van der Waals surface area contributed by atoms with E-state index in [0.717, 1.165) is 36.0 Å². The molecule has 3 nitrogen and oxygen atoms in total. The minimum atomic E-state index is -0.580. The highest BCUT2D eigenvalue weighted by atomic mass is 16.5. The maximum Gasteiger partial charge on any atom is 0.103 e. The van der Waals surface area contributed by atoms with E-state index in [-0.39, 0.29) is 0 Å². The Morgan fingerprint density at radius 2 is 2.05 bits per heavy atom. The van der Waals surface area contributed by atoms with Crippen LogP contribution in [0.1, 0.15) is 18.1 Å². The molecule has 0 aliphatic carbocycles. The van der Waals surface area contributed by atoms with Crippen LogP contribution in [-0.4, -0.2) is 31.5 Å². The Morgan fingerprint density at radius 1 is 1.20 bits per heavy atom. The summed E-state index contributed by atoms with van der Waals surface area (Å²) in [4.78, 5) is 0. The highest BCUT2D eigenvalue weighted by Gasteiger charge is 2.17. The van der Waals surface area contributed by atoms with Crippen molar-refractivity contribution in [3.8, 4) is 0 Å². The first-order valence-corrected chi connectivity index (χ1v) is 7.16. The van der Waals surface area contributed by atoms with Crippen LogP contribution in [-0.2, 0) is 9.47 Å². The summed E-state index contributed by atoms with van der Waals surface area (Å²) in [5, 5.41) is 12.6. The second-order valence-electron chi connectivity index (χ2n) is 5.35. The number of hydrogen-bond acceptors (Lipinski definition) is 3. The summed E-state index contributed by atoms with van der Waals surface area (Å²) in [5.74, 6) is 0.481. The van der Waals surface area contributed by atoms with Crippen LogP contribution in [0.3, 0.4) is 0 Å². The van der Waals surface area contributed by atoms with Crippen molar-refractivity contribution in [2.45, 2.75) is 12.5 Å². The van der Waals surface area contributed by atoms with Crippen LogP contribution in [0, 0.1) is 5.92 Å². The van der Waals surface area contributed by atoms with Gasteiger partial charge < -0.3 is 14.6 Å². The molecule has 1 aliphatic heterocycles. The first-order chi connectivity index (χ1) is 9.84. The number of hydrogen-bond donors (Lipinski definition) is 1. The minimum Gasteiger partial charge on any atom is -0.386 e. The quantitative estimate of drug-likeness (QED) is 0.909. The molecule has 2 aromatic rings. The number of fused-ring (bicyclic) bond motifs is 1. The maximum atomic E-state index is 10.3. The molecule has 2 atom stereocenters. The molecule has 1 saturated heterocycles. The van der Waals surface area contributed by atoms with Crippen LogP contribution in [0.4, 0.5) is 0 Å². The topological polar surface area (TPSA) is 38.7 Å². The van der Waals surface area contributed by atoms with E-state index in [9.17, 15) is 5.11 Å². The van der Waals surface area contributed by atoms with Crippen molar-refractivity contribution in [1.29, 1.82) is 0 Å². The molecule has 0 saturated carbocycles. The van der Waals surface area contributed by atoms with Gasteiger partial charge in [-0.1, -0.05) is 42.5 Å². The molecule has 2 unspecified atom stereocenters. The van der Waals surface area contributed by atoms with Gasteiger partial charge in [0.15, 0.2) is 0 Å². The lowest BCUT2D eigenvalue weighted by Gasteiger charge is -2.15. The summed E-state index contributed by atoms with van der Waals surface area (Å²) >= 11 is 0. The van der Waals surface area contributed by atoms with Crippen molar-refractivity contribution >= 4 is 10.8 Å². The Hall–Kier alpha value is -1.42. The van der Waals surface area contributed by atoms with Gasteiger partial charge in [0.25, 0.3) is 0 Å². The van der Waals surface area contributed by atoms with Crippen LogP contribution < -0.4 is 0 Å². The first kappa shape index (κ1) is 13.6. The molecule has 1 N–H and O–H groups in total. The van der Waals surface area contributed by atoms with Gasteiger partial charge in [0, 0.05) is 12.5 Å². The molecule has 3 rings (SSSR count). The van der Waals surface area contributed by atoms with E-state index >= 15 is 0 Å². The van der Waals surface area contributed by atoms with Crippen LogP contribution in [0.15, 0.2) is 42.5 Å². The monoisotopic (exact) mass is 272 g/mol. The number of benzene rings is 2. The third kappa shape index (κ3) is 3.01. The fourth-order valence-corrected chi connectivity index (χ4v) is 2.69. The number of aliphatic hydroxyl groups excluding tert-OH is 1. The molecular formula is C17H20O3. The summed E-state index contributed by atoms with van der Waals surface area (Å²) in [6, 6.07) is 14.1. The Morgan fingerprint density at radius 3 is 2.90 bits per heavy atom. The zero-order valence-electron chi connectivity index (χ0n) is 11.5. The smallest absolute Gasteiger partial charge is 0.103 e. The Labute approximate surface area is 119 Å². The lowest BCUT2D eigenvalue weighted by Crippen LogP contribution is -2.14. The SMILES string of the molecule is OC(COCC1CCOC1)c1cccc2ccccc12.